The summed E-state index contributed by atoms with van der Waals surface area (Å²) in [6.45, 7) is 4.60. The zero-order valence-corrected chi connectivity index (χ0v) is 14.9. The SMILES string of the molecule is CCCCCCCCCC(CCCOCC1CO1)(OC)OC. The van der Waals surface area contributed by atoms with Gasteiger partial charge in [0.15, 0.2) is 5.79 Å². The molecular formula is C18H36O4. The smallest absolute Gasteiger partial charge is 0.167 e. The van der Waals surface area contributed by atoms with Crippen molar-refractivity contribution in [1.29, 1.82) is 0 Å². The third-order valence-electron chi connectivity index (χ3n) is 4.46. The van der Waals surface area contributed by atoms with Gasteiger partial charge in [-0.2, -0.15) is 0 Å². The molecule has 1 aliphatic rings. The lowest BCUT2D eigenvalue weighted by Crippen LogP contribution is -2.34. The van der Waals surface area contributed by atoms with E-state index in [1.807, 2.05) is 0 Å². The van der Waals surface area contributed by atoms with Gasteiger partial charge < -0.3 is 18.9 Å². The Morgan fingerprint density at radius 2 is 1.50 bits per heavy atom. The van der Waals surface area contributed by atoms with Gasteiger partial charge in [-0.05, 0) is 12.8 Å². The second-order valence-corrected chi connectivity index (χ2v) is 6.32. The predicted octanol–water partition coefficient (Wildman–Crippen LogP) is 4.31. The van der Waals surface area contributed by atoms with E-state index in [1.54, 1.807) is 14.2 Å². The van der Waals surface area contributed by atoms with Crippen molar-refractivity contribution in [3.8, 4) is 0 Å². The highest BCUT2D eigenvalue weighted by Crippen LogP contribution is 2.26. The van der Waals surface area contributed by atoms with E-state index < -0.39 is 5.79 Å². The molecule has 0 aromatic carbocycles. The fourth-order valence-electron chi connectivity index (χ4n) is 2.79. The van der Waals surface area contributed by atoms with Crippen molar-refractivity contribution in [2.75, 3.05) is 34.0 Å². The summed E-state index contributed by atoms with van der Waals surface area (Å²) >= 11 is 0. The summed E-state index contributed by atoms with van der Waals surface area (Å²) in [5.74, 6) is -0.428. The third-order valence-corrected chi connectivity index (χ3v) is 4.46. The zero-order chi connectivity index (χ0) is 16.1. The van der Waals surface area contributed by atoms with E-state index in [9.17, 15) is 0 Å². The van der Waals surface area contributed by atoms with Gasteiger partial charge in [0.25, 0.3) is 0 Å². The molecule has 1 fully saturated rings. The lowest BCUT2D eigenvalue weighted by Gasteiger charge is -2.31. The molecule has 1 rings (SSSR count). The number of epoxide rings is 1. The Morgan fingerprint density at radius 1 is 0.909 bits per heavy atom. The predicted molar refractivity (Wildman–Crippen MR) is 89.2 cm³/mol. The molecule has 0 N–H and O–H groups in total. The molecule has 0 aromatic rings. The largest absolute Gasteiger partial charge is 0.379 e. The van der Waals surface area contributed by atoms with Crippen LogP contribution in [0.5, 0.6) is 0 Å². The molecular weight excluding hydrogens is 280 g/mol. The molecule has 22 heavy (non-hydrogen) atoms. The first-order valence-electron chi connectivity index (χ1n) is 9.06. The average Bonchev–Trinajstić information content (AvgIpc) is 3.36. The van der Waals surface area contributed by atoms with E-state index in [0.717, 1.165) is 39.1 Å². The minimum Gasteiger partial charge on any atom is -0.379 e. The van der Waals surface area contributed by atoms with E-state index in [-0.39, 0.29) is 0 Å². The van der Waals surface area contributed by atoms with Gasteiger partial charge >= 0.3 is 0 Å². The fourth-order valence-corrected chi connectivity index (χ4v) is 2.79. The fraction of sp³-hybridized carbons (Fsp3) is 1.00. The molecule has 0 amide bonds. The maximum atomic E-state index is 5.67. The van der Waals surface area contributed by atoms with Gasteiger partial charge in [0.2, 0.25) is 0 Å². The van der Waals surface area contributed by atoms with E-state index in [0.29, 0.717) is 6.10 Å². The van der Waals surface area contributed by atoms with Crippen molar-refractivity contribution in [2.45, 2.75) is 83.0 Å². The zero-order valence-electron chi connectivity index (χ0n) is 14.9. The summed E-state index contributed by atoms with van der Waals surface area (Å²) in [5.41, 5.74) is 0. The molecule has 4 nitrogen and oxygen atoms in total. The van der Waals surface area contributed by atoms with Crippen LogP contribution in [-0.4, -0.2) is 45.9 Å². The molecule has 0 bridgehead atoms. The van der Waals surface area contributed by atoms with Crippen LogP contribution >= 0.6 is 0 Å². The first kappa shape index (κ1) is 19.9. The van der Waals surface area contributed by atoms with Crippen LogP contribution in [0.1, 0.15) is 71.1 Å². The van der Waals surface area contributed by atoms with Crippen molar-refractivity contribution in [2.24, 2.45) is 0 Å². The molecule has 0 spiro atoms. The van der Waals surface area contributed by atoms with Gasteiger partial charge in [0.1, 0.15) is 6.10 Å². The van der Waals surface area contributed by atoms with E-state index >= 15 is 0 Å². The van der Waals surface area contributed by atoms with E-state index in [1.165, 1.54) is 44.9 Å². The van der Waals surface area contributed by atoms with Crippen molar-refractivity contribution in [1.82, 2.24) is 0 Å². The molecule has 1 saturated heterocycles. The maximum Gasteiger partial charge on any atom is 0.167 e. The highest BCUT2D eigenvalue weighted by Gasteiger charge is 2.28. The van der Waals surface area contributed by atoms with Crippen LogP contribution in [0.3, 0.4) is 0 Å². The molecule has 0 saturated carbocycles. The summed E-state index contributed by atoms with van der Waals surface area (Å²) in [7, 11) is 3.51. The highest BCUT2D eigenvalue weighted by molar-refractivity contribution is 4.70. The first-order valence-corrected chi connectivity index (χ1v) is 9.06. The Morgan fingerprint density at radius 3 is 2.09 bits per heavy atom. The first-order chi connectivity index (χ1) is 10.8. The van der Waals surface area contributed by atoms with Gasteiger partial charge in [-0.15, -0.1) is 0 Å². The molecule has 4 heteroatoms. The van der Waals surface area contributed by atoms with Gasteiger partial charge in [-0.1, -0.05) is 45.4 Å². The van der Waals surface area contributed by atoms with Gasteiger partial charge in [0, 0.05) is 33.7 Å². The number of hydrogen-bond donors (Lipinski definition) is 0. The van der Waals surface area contributed by atoms with Crippen molar-refractivity contribution in [3.05, 3.63) is 0 Å². The minimum atomic E-state index is -0.428. The van der Waals surface area contributed by atoms with Crippen molar-refractivity contribution < 1.29 is 18.9 Å². The van der Waals surface area contributed by atoms with Crippen molar-refractivity contribution >= 4 is 0 Å². The average molecular weight is 316 g/mol. The quantitative estimate of drug-likeness (QED) is 0.242. The van der Waals surface area contributed by atoms with Crippen LogP contribution in [0.4, 0.5) is 0 Å². The molecule has 0 aromatic heterocycles. The summed E-state index contributed by atoms with van der Waals surface area (Å²) in [5, 5.41) is 0. The lowest BCUT2D eigenvalue weighted by molar-refractivity contribution is -0.217. The Kier molecular flexibility index (Phi) is 11.1. The number of rotatable bonds is 16. The van der Waals surface area contributed by atoms with Crippen LogP contribution < -0.4 is 0 Å². The minimum absolute atomic E-state index is 0.349. The van der Waals surface area contributed by atoms with Gasteiger partial charge in [0.05, 0.1) is 13.2 Å². The molecule has 1 unspecified atom stereocenters. The third kappa shape index (κ3) is 9.09. The van der Waals surface area contributed by atoms with Crippen molar-refractivity contribution in [3.63, 3.8) is 0 Å². The molecule has 1 aliphatic heterocycles. The Labute approximate surface area is 136 Å². The maximum absolute atomic E-state index is 5.67. The van der Waals surface area contributed by atoms with Crippen LogP contribution in [0.2, 0.25) is 0 Å². The molecule has 1 atom stereocenters. The molecule has 0 aliphatic carbocycles. The number of unbranched alkanes of at least 4 members (excludes halogenated alkanes) is 6. The van der Waals surface area contributed by atoms with E-state index in [2.05, 4.69) is 6.92 Å². The van der Waals surface area contributed by atoms with E-state index in [4.69, 9.17) is 18.9 Å². The standard InChI is InChI=1S/C18H36O4/c1-4-5-6-7-8-9-10-12-18(19-2,20-3)13-11-14-21-15-17-16-22-17/h17H,4-16H2,1-3H3. The van der Waals surface area contributed by atoms with Crippen LogP contribution in [0.15, 0.2) is 0 Å². The van der Waals surface area contributed by atoms with Gasteiger partial charge in [-0.25, -0.2) is 0 Å². The van der Waals surface area contributed by atoms with Gasteiger partial charge in [-0.3, -0.25) is 0 Å². The second kappa shape index (κ2) is 12.3. The molecule has 0 radical (unpaired) electrons. The summed E-state index contributed by atoms with van der Waals surface area (Å²) in [6, 6.07) is 0. The summed E-state index contributed by atoms with van der Waals surface area (Å²) in [4.78, 5) is 0. The normalized spacial score (nSPS) is 17.9. The second-order valence-electron chi connectivity index (χ2n) is 6.32. The van der Waals surface area contributed by atoms with Crippen LogP contribution in [0.25, 0.3) is 0 Å². The monoisotopic (exact) mass is 316 g/mol. The summed E-state index contributed by atoms with van der Waals surface area (Å²) < 4.78 is 22.1. The highest BCUT2D eigenvalue weighted by atomic mass is 16.7. The van der Waals surface area contributed by atoms with Crippen LogP contribution in [0, 0.1) is 0 Å². The number of methoxy groups -OCH3 is 2. The number of ether oxygens (including phenoxy) is 4. The Balaban J connectivity index is 2.06. The van der Waals surface area contributed by atoms with Crippen LogP contribution in [-0.2, 0) is 18.9 Å². The number of hydrogen-bond acceptors (Lipinski definition) is 4. The Bertz CT molecular complexity index is 249. The Hall–Kier alpha value is -0.160. The summed E-state index contributed by atoms with van der Waals surface area (Å²) in [6.07, 6.45) is 12.4. The lowest BCUT2D eigenvalue weighted by atomic mass is 10.0. The molecule has 132 valence electrons. The topological polar surface area (TPSA) is 40.2 Å². The molecule has 1 heterocycles.